The van der Waals surface area contributed by atoms with Crippen molar-refractivity contribution in [1.82, 2.24) is 10.2 Å². The lowest BCUT2D eigenvalue weighted by Gasteiger charge is -2.31. The number of fused-ring (bicyclic) bond motifs is 2. The minimum Gasteiger partial charge on any atom is -0.381 e. The summed E-state index contributed by atoms with van der Waals surface area (Å²) in [6.45, 7) is 3.98. The van der Waals surface area contributed by atoms with E-state index in [1.165, 1.54) is 25.7 Å². The summed E-state index contributed by atoms with van der Waals surface area (Å²) >= 11 is 0. The number of amides is 1. The molecular formula is C17H30N2O2. The van der Waals surface area contributed by atoms with Crippen LogP contribution in [0.25, 0.3) is 0 Å². The molecule has 4 nitrogen and oxygen atoms in total. The van der Waals surface area contributed by atoms with E-state index in [-0.39, 0.29) is 5.91 Å². The van der Waals surface area contributed by atoms with Gasteiger partial charge in [0.25, 0.3) is 0 Å². The van der Waals surface area contributed by atoms with Crippen LogP contribution in [-0.2, 0) is 9.53 Å². The van der Waals surface area contributed by atoms with Gasteiger partial charge in [-0.3, -0.25) is 4.79 Å². The summed E-state index contributed by atoms with van der Waals surface area (Å²) in [4.78, 5) is 14.5. The van der Waals surface area contributed by atoms with Gasteiger partial charge in [0.2, 0.25) is 5.91 Å². The van der Waals surface area contributed by atoms with Crippen LogP contribution < -0.4 is 5.32 Å². The van der Waals surface area contributed by atoms with Crippen LogP contribution in [0.2, 0.25) is 0 Å². The molecule has 1 amide bonds. The zero-order chi connectivity index (χ0) is 14.7. The molecule has 21 heavy (non-hydrogen) atoms. The van der Waals surface area contributed by atoms with Gasteiger partial charge in [-0.15, -0.1) is 0 Å². The standard InChI is InChI=1S/C17H30N2O2/c1-21-16-4-7-19(8-5-16)9-6-18-17(20)12-15-11-13-2-3-14(15)10-13/h13-16H,2-12H2,1H3,(H,18,20). The first-order chi connectivity index (χ1) is 10.2. The van der Waals surface area contributed by atoms with Crippen molar-refractivity contribution in [3.8, 4) is 0 Å². The van der Waals surface area contributed by atoms with Crippen molar-refractivity contribution in [1.29, 1.82) is 0 Å². The lowest BCUT2D eigenvalue weighted by molar-refractivity contribution is -0.122. The van der Waals surface area contributed by atoms with Gasteiger partial charge in [0, 0.05) is 39.7 Å². The Hall–Kier alpha value is -0.610. The maximum atomic E-state index is 12.1. The molecule has 0 aromatic heterocycles. The second kappa shape index (κ2) is 7.10. The molecule has 0 aromatic carbocycles. The molecule has 4 heteroatoms. The summed E-state index contributed by atoms with van der Waals surface area (Å²) in [5.74, 6) is 2.75. The fourth-order valence-electron chi connectivity index (χ4n) is 4.66. The van der Waals surface area contributed by atoms with Gasteiger partial charge in [0.1, 0.15) is 0 Å². The highest BCUT2D eigenvalue weighted by Crippen LogP contribution is 2.49. The van der Waals surface area contributed by atoms with Gasteiger partial charge >= 0.3 is 0 Å². The van der Waals surface area contributed by atoms with E-state index in [0.29, 0.717) is 12.0 Å². The maximum absolute atomic E-state index is 12.1. The van der Waals surface area contributed by atoms with E-state index in [4.69, 9.17) is 4.74 Å². The third-order valence-electron chi connectivity index (χ3n) is 5.95. The van der Waals surface area contributed by atoms with E-state index in [0.717, 1.165) is 57.3 Å². The molecule has 3 unspecified atom stereocenters. The third kappa shape index (κ3) is 3.98. The molecule has 0 spiro atoms. The van der Waals surface area contributed by atoms with Crippen LogP contribution >= 0.6 is 0 Å². The average Bonchev–Trinajstić information content (AvgIpc) is 3.10. The Morgan fingerprint density at radius 3 is 2.62 bits per heavy atom. The number of nitrogens with zero attached hydrogens (tertiary/aromatic N) is 1. The molecule has 0 aromatic rings. The second-order valence-corrected chi connectivity index (χ2v) is 7.27. The van der Waals surface area contributed by atoms with Crippen LogP contribution in [0.15, 0.2) is 0 Å². The van der Waals surface area contributed by atoms with Crippen LogP contribution in [0.3, 0.4) is 0 Å². The summed E-state index contributed by atoms with van der Waals surface area (Å²) in [5, 5.41) is 3.13. The van der Waals surface area contributed by atoms with Crippen LogP contribution in [0.4, 0.5) is 0 Å². The number of carbonyl (C=O) groups excluding carboxylic acids is 1. The topological polar surface area (TPSA) is 41.6 Å². The zero-order valence-electron chi connectivity index (χ0n) is 13.4. The van der Waals surface area contributed by atoms with Crippen molar-refractivity contribution >= 4 is 5.91 Å². The molecule has 1 saturated heterocycles. The van der Waals surface area contributed by atoms with Crippen LogP contribution in [0.1, 0.15) is 44.9 Å². The monoisotopic (exact) mass is 294 g/mol. The van der Waals surface area contributed by atoms with E-state index in [9.17, 15) is 4.79 Å². The summed E-state index contributed by atoms with van der Waals surface area (Å²) < 4.78 is 5.38. The summed E-state index contributed by atoms with van der Waals surface area (Å²) in [6.07, 6.45) is 8.94. The molecule has 3 aliphatic rings. The number of piperidine rings is 1. The van der Waals surface area contributed by atoms with Crippen molar-refractivity contribution < 1.29 is 9.53 Å². The Morgan fingerprint density at radius 2 is 2.00 bits per heavy atom. The zero-order valence-corrected chi connectivity index (χ0v) is 13.4. The van der Waals surface area contributed by atoms with E-state index in [2.05, 4.69) is 10.2 Å². The number of ether oxygens (including phenoxy) is 1. The second-order valence-electron chi connectivity index (χ2n) is 7.27. The van der Waals surface area contributed by atoms with Crippen molar-refractivity contribution in [3.05, 3.63) is 0 Å². The maximum Gasteiger partial charge on any atom is 0.220 e. The van der Waals surface area contributed by atoms with Gasteiger partial charge in [-0.2, -0.15) is 0 Å². The lowest BCUT2D eigenvalue weighted by atomic mass is 9.86. The first kappa shape index (κ1) is 15.3. The lowest BCUT2D eigenvalue weighted by Crippen LogP contribution is -2.41. The van der Waals surface area contributed by atoms with Gasteiger partial charge < -0.3 is 15.0 Å². The molecule has 2 bridgehead atoms. The molecule has 3 fully saturated rings. The van der Waals surface area contributed by atoms with Crippen molar-refractivity contribution in [2.45, 2.75) is 51.0 Å². The molecule has 3 rings (SSSR count). The summed E-state index contributed by atoms with van der Waals surface area (Å²) in [7, 11) is 1.80. The predicted molar refractivity (Wildman–Crippen MR) is 83.0 cm³/mol. The molecule has 1 aliphatic heterocycles. The highest BCUT2D eigenvalue weighted by atomic mass is 16.5. The highest BCUT2D eigenvalue weighted by Gasteiger charge is 2.39. The van der Waals surface area contributed by atoms with Gasteiger partial charge in [-0.05, 0) is 49.9 Å². The van der Waals surface area contributed by atoms with E-state index < -0.39 is 0 Å². The Bertz CT molecular complexity index is 353. The summed E-state index contributed by atoms with van der Waals surface area (Å²) in [6, 6.07) is 0. The molecule has 3 atom stereocenters. The molecule has 120 valence electrons. The van der Waals surface area contributed by atoms with Crippen LogP contribution in [0, 0.1) is 17.8 Å². The Morgan fingerprint density at radius 1 is 1.19 bits per heavy atom. The quantitative estimate of drug-likeness (QED) is 0.815. The number of likely N-dealkylation sites (tertiary alicyclic amines) is 1. The number of hydrogen-bond acceptors (Lipinski definition) is 3. The Balaban J connectivity index is 1.28. The Labute approximate surface area is 128 Å². The van der Waals surface area contributed by atoms with Gasteiger partial charge in [0.05, 0.1) is 6.10 Å². The van der Waals surface area contributed by atoms with Crippen LogP contribution in [0.5, 0.6) is 0 Å². The SMILES string of the molecule is COC1CCN(CCNC(=O)CC2CC3CCC2C3)CC1. The van der Waals surface area contributed by atoms with Gasteiger partial charge in [-0.1, -0.05) is 6.42 Å². The normalized spacial score (nSPS) is 33.5. The largest absolute Gasteiger partial charge is 0.381 e. The Kier molecular flexibility index (Phi) is 5.17. The molecule has 1 N–H and O–H groups in total. The number of nitrogens with one attached hydrogen (secondary N) is 1. The minimum atomic E-state index is 0.277. The number of methoxy groups -OCH3 is 1. The molecule has 2 aliphatic carbocycles. The van der Waals surface area contributed by atoms with E-state index >= 15 is 0 Å². The first-order valence-electron chi connectivity index (χ1n) is 8.76. The van der Waals surface area contributed by atoms with E-state index in [1.807, 2.05) is 0 Å². The van der Waals surface area contributed by atoms with Crippen LogP contribution in [-0.4, -0.2) is 50.2 Å². The van der Waals surface area contributed by atoms with Crippen molar-refractivity contribution in [2.24, 2.45) is 17.8 Å². The number of hydrogen-bond donors (Lipinski definition) is 1. The minimum absolute atomic E-state index is 0.277. The molecule has 2 saturated carbocycles. The van der Waals surface area contributed by atoms with Crippen molar-refractivity contribution in [3.63, 3.8) is 0 Å². The van der Waals surface area contributed by atoms with Gasteiger partial charge in [-0.25, -0.2) is 0 Å². The van der Waals surface area contributed by atoms with E-state index in [1.54, 1.807) is 7.11 Å². The van der Waals surface area contributed by atoms with Gasteiger partial charge in [0.15, 0.2) is 0 Å². The number of carbonyl (C=O) groups is 1. The fourth-order valence-corrected chi connectivity index (χ4v) is 4.66. The molecule has 0 radical (unpaired) electrons. The smallest absolute Gasteiger partial charge is 0.220 e. The molecular weight excluding hydrogens is 264 g/mol. The first-order valence-corrected chi connectivity index (χ1v) is 8.76. The number of rotatable bonds is 6. The average molecular weight is 294 g/mol. The fraction of sp³-hybridized carbons (Fsp3) is 0.941. The summed E-state index contributed by atoms with van der Waals surface area (Å²) in [5.41, 5.74) is 0. The highest BCUT2D eigenvalue weighted by molar-refractivity contribution is 5.76. The molecule has 1 heterocycles. The van der Waals surface area contributed by atoms with Crippen molar-refractivity contribution in [2.75, 3.05) is 33.3 Å². The predicted octanol–water partition coefficient (Wildman–Crippen LogP) is 2.04. The third-order valence-corrected chi connectivity index (χ3v) is 5.95.